The van der Waals surface area contributed by atoms with Gasteiger partial charge >= 0.3 is 18.0 Å². The van der Waals surface area contributed by atoms with Gasteiger partial charge in [-0.15, -0.1) is 11.6 Å². The van der Waals surface area contributed by atoms with Crippen LogP contribution in [0.3, 0.4) is 0 Å². The highest BCUT2D eigenvalue weighted by molar-refractivity contribution is 7.94. The second-order valence-corrected chi connectivity index (χ2v) is 17.7. The van der Waals surface area contributed by atoms with Gasteiger partial charge in [-0.2, -0.15) is 0 Å². The second kappa shape index (κ2) is 25.2. The standard InChI is InChI=1S/C17H17ClFNO4.C14H20ClNO2.C3H8NO5P.C3H9S/c1-9(2)15-16(21)20(17(22)24-15)13-8-14(11(18)7-12(13)19)23-10-5-3-4-6-10;1-4-11-7-6-8-12(5-2)14(11)16(10-18-3)13(17)9-15;5-3(6)1-4-2-10(7,8)9;1-4(2)3/h7-8,10H,3-6H2,1-2H3;6-8H,4-5,9-10H2,1-3H3;4H,1-2H2,(H,5,6)(H2,7,8,9);1-3H3/q;;;+1/p-1. The Labute approximate surface area is 341 Å². The van der Waals surface area contributed by atoms with Crippen molar-refractivity contribution in [3.8, 4) is 5.75 Å². The van der Waals surface area contributed by atoms with Gasteiger partial charge < -0.3 is 33.7 Å². The molecule has 0 spiro atoms. The second-order valence-electron chi connectivity index (χ2n) is 12.9. The van der Waals surface area contributed by atoms with Crippen molar-refractivity contribution in [2.45, 2.75) is 72.3 Å². The van der Waals surface area contributed by atoms with Crippen LogP contribution in [0.15, 0.2) is 41.7 Å². The summed E-state index contributed by atoms with van der Waals surface area (Å²) < 4.78 is 40.1. The number of amides is 3. The van der Waals surface area contributed by atoms with E-state index in [0.717, 1.165) is 61.4 Å². The van der Waals surface area contributed by atoms with E-state index in [0.29, 0.717) is 21.4 Å². The van der Waals surface area contributed by atoms with E-state index in [1.54, 1.807) is 25.9 Å². The number of carbonyl (C=O) groups is 4. The molecule has 3 N–H and O–H groups in total. The van der Waals surface area contributed by atoms with E-state index < -0.39 is 44.2 Å². The molecule has 314 valence electrons. The number of para-hydroxylation sites is 1. The van der Waals surface area contributed by atoms with E-state index in [4.69, 9.17) is 47.4 Å². The minimum atomic E-state index is -4.35. The molecule has 0 radical (unpaired) electrons. The number of carboxylic acid groups (broad SMARTS) is 1. The first kappa shape index (κ1) is 50.8. The predicted octanol–water partition coefficient (Wildman–Crippen LogP) is 6.22. The number of aryl methyl sites for hydroxylation is 2. The Balaban J connectivity index is 0.000000431. The number of benzene rings is 2. The van der Waals surface area contributed by atoms with Crippen LogP contribution in [-0.2, 0) is 52.2 Å². The van der Waals surface area contributed by atoms with Crippen LogP contribution < -0.4 is 24.7 Å². The van der Waals surface area contributed by atoms with Crippen LogP contribution in [0.5, 0.6) is 5.75 Å². The highest BCUT2D eigenvalue weighted by atomic mass is 35.5. The highest BCUT2D eigenvalue weighted by Gasteiger charge is 2.40. The lowest BCUT2D eigenvalue weighted by Gasteiger charge is -2.26. The molecule has 1 unspecified atom stereocenters. The number of nitrogens with one attached hydrogen (secondary N) is 1. The Bertz CT molecular complexity index is 1690. The fourth-order valence-corrected chi connectivity index (χ4v) is 5.91. The first-order chi connectivity index (χ1) is 26.2. The van der Waals surface area contributed by atoms with Gasteiger partial charge in [-0.25, -0.2) is 14.1 Å². The maximum atomic E-state index is 14.3. The van der Waals surface area contributed by atoms with Gasteiger partial charge in [0, 0.05) is 13.2 Å². The predicted molar refractivity (Wildman–Crippen MR) is 217 cm³/mol. The number of anilines is 2. The molecule has 2 aromatic rings. The SMILES string of the molecule is CC(C)=C1OC(=O)N(c2cc(OC3CCCC3)c(Cl)cc2F)C1=O.CCc1cccc(CC)c1N(COC)C(=O)CCl.C[S+](C)C.O=C(O)CNCP(=O)([O-])O. The molecule has 4 rings (SSSR count). The van der Waals surface area contributed by atoms with E-state index in [2.05, 4.69) is 32.6 Å². The normalized spacial score (nSPS) is 14.8. The zero-order valence-electron chi connectivity index (χ0n) is 33.0. The number of carboxylic acids is 1. The molecular formula is C37H53Cl2FN3O11PS. The van der Waals surface area contributed by atoms with E-state index in [1.165, 1.54) is 6.07 Å². The topological polar surface area (TPSA) is 195 Å². The molecule has 3 amide bonds. The summed E-state index contributed by atoms with van der Waals surface area (Å²) in [6.07, 6.45) is 10.6. The fourth-order valence-electron chi connectivity index (χ4n) is 5.18. The van der Waals surface area contributed by atoms with Crippen molar-refractivity contribution in [2.75, 3.05) is 61.1 Å². The van der Waals surface area contributed by atoms with Gasteiger partial charge in [0.2, 0.25) is 5.91 Å². The molecule has 19 heteroatoms. The quantitative estimate of drug-likeness (QED) is 0.0677. The zero-order chi connectivity index (χ0) is 42.7. The third-order valence-corrected chi connectivity index (χ3v) is 8.70. The molecule has 2 aliphatic rings. The molecule has 0 aromatic heterocycles. The zero-order valence-corrected chi connectivity index (χ0v) is 36.2. The smallest absolute Gasteiger partial charge is 0.427 e. The Morgan fingerprint density at radius 3 is 2.11 bits per heavy atom. The maximum Gasteiger partial charge on any atom is 0.427 e. The summed E-state index contributed by atoms with van der Waals surface area (Å²) in [4.78, 5) is 66.3. The number of carbonyl (C=O) groups excluding carboxylic acids is 3. The number of nitrogens with zero attached hydrogens (tertiary/aromatic N) is 2. The van der Waals surface area contributed by atoms with Crippen molar-refractivity contribution in [3.63, 3.8) is 0 Å². The Morgan fingerprint density at radius 1 is 1.12 bits per heavy atom. The number of hydrogen-bond acceptors (Lipinski definition) is 10. The third-order valence-electron chi connectivity index (χ3n) is 7.56. The number of ether oxygens (including phenoxy) is 3. The van der Waals surface area contributed by atoms with E-state index >= 15 is 0 Å². The minimum absolute atomic E-state index is 0.00962. The van der Waals surface area contributed by atoms with Crippen LogP contribution in [0.25, 0.3) is 0 Å². The lowest BCUT2D eigenvalue weighted by atomic mass is 10.0. The molecule has 1 aliphatic carbocycles. The van der Waals surface area contributed by atoms with Gasteiger partial charge in [0.15, 0.2) is 5.76 Å². The highest BCUT2D eigenvalue weighted by Crippen LogP contribution is 2.37. The maximum absolute atomic E-state index is 14.3. The number of rotatable bonds is 13. The molecule has 1 aliphatic heterocycles. The van der Waals surface area contributed by atoms with Crippen LogP contribution in [0.2, 0.25) is 5.02 Å². The summed E-state index contributed by atoms with van der Waals surface area (Å²) >= 11 is 11.7. The van der Waals surface area contributed by atoms with Gasteiger partial charge in [-0.1, -0.05) is 43.6 Å². The molecule has 2 aromatic carbocycles. The van der Waals surface area contributed by atoms with Crippen molar-refractivity contribution < 1.29 is 57.2 Å². The van der Waals surface area contributed by atoms with Gasteiger partial charge in [0.05, 0.1) is 54.1 Å². The lowest BCUT2D eigenvalue weighted by Crippen LogP contribution is -2.35. The number of methoxy groups -OCH3 is 1. The summed E-state index contributed by atoms with van der Waals surface area (Å²) in [5.41, 5.74) is 3.55. The number of halogens is 3. The Hall–Kier alpha value is -3.21. The number of cyclic esters (lactones) is 1. The first-order valence-electron chi connectivity index (χ1n) is 17.5. The average Bonchev–Trinajstić information content (AvgIpc) is 3.74. The third kappa shape index (κ3) is 17.1. The Kier molecular flexibility index (Phi) is 22.9. The number of imide groups is 1. The number of aliphatic carboxylic acids is 1. The number of allylic oxidation sites excluding steroid dienone is 1. The summed E-state index contributed by atoms with van der Waals surface area (Å²) in [5, 5.41) is 10.1. The molecule has 2 fully saturated rings. The Morgan fingerprint density at radius 2 is 1.68 bits per heavy atom. The number of alkyl halides is 1. The van der Waals surface area contributed by atoms with E-state index in [9.17, 15) is 33.0 Å². The molecule has 1 saturated carbocycles. The average molecular weight is 869 g/mol. The monoisotopic (exact) mass is 867 g/mol. The summed E-state index contributed by atoms with van der Waals surface area (Å²) in [6.45, 7) is 7.18. The van der Waals surface area contributed by atoms with Crippen LogP contribution in [0.1, 0.15) is 64.5 Å². The molecule has 1 saturated heterocycles. The number of hydrogen-bond donors (Lipinski definition) is 3. The van der Waals surface area contributed by atoms with Crippen LogP contribution in [-0.4, -0.2) is 91.3 Å². The molecule has 1 atom stereocenters. The lowest BCUT2D eigenvalue weighted by molar-refractivity contribution is -0.193. The molecule has 56 heavy (non-hydrogen) atoms. The fraction of sp³-hybridized carbons (Fsp3) is 0.514. The van der Waals surface area contributed by atoms with E-state index in [-0.39, 0.29) is 46.8 Å². The first-order valence-corrected chi connectivity index (χ1v) is 22.6. The minimum Gasteiger partial charge on any atom is -0.778 e. The van der Waals surface area contributed by atoms with Crippen LogP contribution in [0, 0.1) is 5.82 Å². The molecule has 14 nitrogen and oxygen atoms in total. The van der Waals surface area contributed by atoms with Gasteiger partial charge in [0.25, 0.3) is 0 Å². The van der Waals surface area contributed by atoms with Gasteiger partial charge in [-0.05, 0) is 86.0 Å². The largest absolute Gasteiger partial charge is 0.778 e. The summed E-state index contributed by atoms with van der Waals surface area (Å²) in [7, 11) is -2.13. The van der Waals surface area contributed by atoms with E-state index in [1.807, 2.05) is 23.5 Å². The van der Waals surface area contributed by atoms with Gasteiger partial charge in [0.1, 0.15) is 31.8 Å². The van der Waals surface area contributed by atoms with Crippen molar-refractivity contribution in [2.24, 2.45) is 0 Å². The molecular weight excluding hydrogens is 815 g/mol. The summed E-state index contributed by atoms with van der Waals surface area (Å²) in [6, 6.07) is 8.43. The van der Waals surface area contributed by atoms with Crippen molar-refractivity contribution in [3.05, 3.63) is 63.6 Å². The van der Waals surface area contributed by atoms with Crippen molar-refractivity contribution in [1.29, 1.82) is 0 Å². The van der Waals surface area contributed by atoms with Crippen LogP contribution in [0.4, 0.5) is 20.6 Å². The molecule has 0 bridgehead atoms. The van der Waals surface area contributed by atoms with Crippen LogP contribution >= 0.6 is 30.8 Å². The summed E-state index contributed by atoms with van der Waals surface area (Å²) in [5.74, 6) is -2.67. The molecule has 1 heterocycles. The van der Waals surface area contributed by atoms with Gasteiger partial charge in [-0.3, -0.25) is 24.6 Å². The van der Waals surface area contributed by atoms with Crippen molar-refractivity contribution >= 4 is 76.9 Å². The van der Waals surface area contributed by atoms with Crippen molar-refractivity contribution in [1.82, 2.24) is 5.32 Å².